The van der Waals surface area contributed by atoms with Gasteiger partial charge >= 0.3 is 5.97 Å². The maximum Gasteiger partial charge on any atom is 0.335 e. The Morgan fingerprint density at radius 1 is 1.12 bits per heavy atom. The van der Waals surface area contributed by atoms with Crippen molar-refractivity contribution < 1.29 is 9.90 Å². The van der Waals surface area contributed by atoms with E-state index in [1.807, 2.05) is 12.1 Å². The number of pyridine rings is 1. The van der Waals surface area contributed by atoms with E-state index in [-0.39, 0.29) is 5.56 Å². The molecule has 0 fully saturated rings. The zero-order valence-corrected chi connectivity index (χ0v) is 13.6. The Bertz CT molecular complexity index is 884. The van der Waals surface area contributed by atoms with Crippen LogP contribution in [0, 0.1) is 6.92 Å². The van der Waals surface area contributed by atoms with Gasteiger partial charge in [-0.2, -0.15) is 0 Å². The summed E-state index contributed by atoms with van der Waals surface area (Å²) in [7, 11) is 0. The van der Waals surface area contributed by atoms with Gasteiger partial charge in [-0.15, -0.1) is 0 Å². The second-order valence-electron chi connectivity index (χ2n) is 5.41. The Labute approximate surface area is 144 Å². The van der Waals surface area contributed by atoms with Crippen molar-refractivity contribution in [3.8, 4) is 0 Å². The molecule has 0 unspecified atom stereocenters. The first kappa shape index (κ1) is 16.4. The number of nitrogens with one attached hydrogen (secondary N) is 2. The topological polar surface area (TPSA) is 100 Å². The number of aromatic nitrogens is 3. The quantitative estimate of drug-likeness (QED) is 0.636. The van der Waals surface area contributed by atoms with Gasteiger partial charge in [-0.25, -0.2) is 14.8 Å². The standard InChI is InChI=1S/C18H17N5O2/c1-12-21-16(20-11-13-4-3-7-19-10-13)9-17(22-12)23-15-6-2-5-14(8-15)18(24)25/h2-10H,11H2,1H3,(H,24,25)(H2,20,21,22,23). The van der Waals surface area contributed by atoms with Crippen LogP contribution in [0.25, 0.3) is 0 Å². The highest BCUT2D eigenvalue weighted by molar-refractivity contribution is 5.89. The summed E-state index contributed by atoms with van der Waals surface area (Å²) >= 11 is 0. The summed E-state index contributed by atoms with van der Waals surface area (Å²) in [5.41, 5.74) is 1.91. The van der Waals surface area contributed by atoms with E-state index in [1.54, 1.807) is 49.6 Å². The SMILES string of the molecule is Cc1nc(NCc2cccnc2)cc(Nc2cccc(C(=O)O)c2)n1. The molecule has 25 heavy (non-hydrogen) atoms. The van der Waals surface area contributed by atoms with Gasteiger partial charge in [0.1, 0.15) is 17.5 Å². The number of hydrogen-bond donors (Lipinski definition) is 3. The first-order valence-electron chi connectivity index (χ1n) is 7.69. The van der Waals surface area contributed by atoms with Crippen molar-refractivity contribution in [1.82, 2.24) is 15.0 Å². The van der Waals surface area contributed by atoms with E-state index in [1.165, 1.54) is 0 Å². The first-order valence-corrected chi connectivity index (χ1v) is 7.69. The molecule has 126 valence electrons. The third-order valence-corrected chi connectivity index (χ3v) is 3.42. The predicted octanol–water partition coefficient (Wildman–Crippen LogP) is 3.23. The molecule has 7 heteroatoms. The van der Waals surface area contributed by atoms with Crippen molar-refractivity contribution in [2.24, 2.45) is 0 Å². The largest absolute Gasteiger partial charge is 0.478 e. The molecule has 0 bridgehead atoms. The molecule has 2 heterocycles. The van der Waals surface area contributed by atoms with E-state index in [0.29, 0.717) is 29.7 Å². The van der Waals surface area contributed by atoms with Crippen molar-refractivity contribution >= 4 is 23.3 Å². The average Bonchev–Trinajstić information content (AvgIpc) is 2.60. The zero-order chi connectivity index (χ0) is 17.6. The summed E-state index contributed by atoms with van der Waals surface area (Å²) in [4.78, 5) is 23.8. The number of anilines is 3. The van der Waals surface area contributed by atoms with Gasteiger partial charge in [0.25, 0.3) is 0 Å². The maximum atomic E-state index is 11.1. The number of carboxylic acid groups (broad SMARTS) is 1. The van der Waals surface area contributed by atoms with Crippen molar-refractivity contribution in [1.29, 1.82) is 0 Å². The molecular formula is C18H17N5O2. The summed E-state index contributed by atoms with van der Waals surface area (Å²) < 4.78 is 0. The van der Waals surface area contributed by atoms with Crippen molar-refractivity contribution in [3.05, 3.63) is 71.8 Å². The Morgan fingerprint density at radius 2 is 1.96 bits per heavy atom. The third kappa shape index (κ3) is 4.51. The van der Waals surface area contributed by atoms with Crippen LogP contribution in [-0.2, 0) is 6.54 Å². The average molecular weight is 335 g/mol. The minimum Gasteiger partial charge on any atom is -0.478 e. The van der Waals surface area contributed by atoms with Gasteiger partial charge in [0.05, 0.1) is 5.56 Å². The molecule has 2 aromatic heterocycles. The summed E-state index contributed by atoms with van der Waals surface area (Å²) in [5, 5.41) is 15.4. The number of aryl methyl sites for hydroxylation is 1. The van der Waals surface area contributed by atoms with Crippen LogP contribution in [-0.4, -0.2) is 26.0 Å². The highest BCUT2D eigenvalue weighted by atomic mass is 16.4. The van der Waals surface area contributed by atoms with E-state index in [2.05, 4.69) is 25.6 Å². The lowest BCUT2D eigenvalue weighted by molar-refractivity contribution is 0.0697. The van der Waals surface area contributed by atoms with Gasteiger partial charge in [-0.05, 0) is 36.8 Å². The van der Waals surface area contributed by atoms with Crippen molar-refractivity contribution in [2.45, 2.75) is 13.5 Å². The molecule has 0 aliphatic heterocycles. The molecular weight excluding hydrogens is 318 g/mol. The highest BCUT2D eigenvalue weighted by Gasteiger charge is 2.06. The monoisotopic (exact) mass is 335 g/mol. The van der Waals surface area contributed by atoms with Gasteiger partial charge in [0.2, 0.25) is 0 Å². The molecule has 7 nitrogen and oxygen atoms in total. The van der Waals surface area contributed by atoms with Gasteiger partial charge in [0, 0.05) is 30.7 Å². The minimum atomic E-state index is -0.971. The molecule has 3 N–H and O–H groups in total. The normalized spacial score (nSPS) is 10.3. The highest BCUT2D eigenvalue weighted by Crippen LogP contribution is 2.19. The zero-order valence-electron chi connectivity index (χ0n) is 13.6. The number of carboxylic acids is 1. The fourth-order valence-corrected chi connectivity index (χ4v) is 2.30. The van der Waals surface area contributed by atoms with E-state index >= 15 is 0 Å². The number of carbonyl (C=O) groups is 1. The van der Waals surface area contributed by atoms with Crippen molar-refractivity contribution in [2.75, 3.05) is 10.6 Å². The van der Waals surface area contributed by atoms with Gasteiger partial charge in [-0.1, -0.05) is 12.1 Å². The Kier molecular flexibility index (Phi) is 4.84. The second-order valence-corrected chi connectivity index (χ2v) is 5.41. The molecule has 0 atom stereocenters. The van der Waals surface area contributed by atoms with Crippen LogP contribution in [0.15, 0.2) is 54.9 Å². The molecule has 0 saturated heterocycles. The molecule has 0 radical (unpaired) electrons. The maximum absolute atomic E-state index is 11.1. The second kappa shape index (κ2) is 7.39. The molecule has 1 aromatic carbocycles. The van der Waals surface area contributed by atoms with Crippen LogP contribution in [0.2, 0.25) is 0 Å². The minimum absolute atomic E-state index is 0.214. The summed E-state index contributed by atoms with van der Waals surface area (Å²) in [5.74, 6) is 0.895. The Hall–Kier alpha value is -3.48. The molecule has 0 aliphatic carbocycles. The van der Waals surface area contributed by atoms with E-state index in [9.17, 15) is 4.79 Å². The summed E-state index contributed by atoms with van der Waals surface area (Å²) in [6.07, 6.45) is 3.52. The molecule has 0 saturated carbocycles. The van der Waals surface area contributed by atoms with E-state index in [0.717, 1.165) is 5.56 Å². The predicted molar refractivity (Wildman–Crippen MR) is 95.0 cm³/mol. The lowest BCUT2D eigenvalue weighted by Crippen LogP contribution is -2.05. The Balaban J connectivity index is 1.75. The van der Waals surface area contributed by atoms with Crippen LogP contribution < -0.4 is 10.6 Å². The lowest BCUT2D eigenvalue weighted by Gasteiger charge is -2.10. The van der Waals surface area contributed by atoms with Gasteiger partial charge in [0.15, 0.2) is 0 Å². The first-order chi connectivity index (χ1) is 12.1. The van der Waals surface area contributed by atoms with Crippen LogP contribution in [0.3, 0.4) is 0 Å². The number of aromatic carboxylic acids is 1. The molecule has 3 aromatic rings. The van der Waals surface area contributed by atoms with Crippen LogP contribution >= 0.6 is 0 Å². The van der Waals surface area contributed by atoms with Crippen molar-refractivity contribution in [3.63, 3.8) is 0 Å². The van der Waals surface area contributed by atoms with E-state index < -0.39 is 5.97 Å². The molecule has 0 aliphatic rings. The van der Waals surface area contributed by atoms with Gasteiger partial charge in [-0.3, -0.25) is 4.98 Å². The summed E-state index contributed by atoms with van der Waals surface area (Å²) in [6.45, 7) is 2.40. The fraction of sp³-hybridized carbons (Fsp3) is 0.111. The molecule has 3 rings (SSSR count). The van der Waals surface area contributed by atoms with Crippen LogP contribution in [0.4, 0.5) is 17.3 Å². The molecule has 0 amide bonds. The number of nitrogens with zero attached hydrogens (tertiary/aromatic N) is 3. The smallest absolute Gasteiger partial charge is 0.335 e. The number of benzene rings is 1. The molecule has 0 spiro atoms. The number of hydrogen-bond acceptors (Lipinski definition) is 6. The number of rotatable bonds is 6. The van der Waals surface area contributed by atoms with E-state index in [4.69, 9.17) is 5.11 Å². The van der Waals surface area contributed by atoms with Crippen LogP contribution in [0.1, 0.15) is 21.7 Å². The van der Waals surface area contributed by atoms with Gasteiger partial charge < -0.3 is 15.7 Å². The Morgan fingerprint density at radius 3 is 2.72 bits per heavy atom. The fourth-order valence-electron chi connectivity index (χ4n) is 2.30. The van der Waals surface area contributed by atoms with Crippen LogP contribution in [0.5, 0.6) is 0 Å². The lowest BCUT2D eigenvalue weighted by atomic mass is 10.2. The summed E-state index contributed by atoms with van der Waals surface area (Å²) in [6, 6.07) is 12.2. The third-order valence-electron chi connectivity index (χ3n) is 3.42.